The zero-order valence-electron chi connectivity index (χ0n) is 9.58. The fraction of sp³-hybridized carbons (Fsp3) is 0.700. The Morgan fingerprint density at radius 1 is 1.12 bits per heavy atom. The average Bonchev–Trinajstić information content (AvgIpc) is 2.14. The predicted octanol–water partition coefficient (Wildman–Crippen LogP) is -0.118. The summed E-state index contributed by atoms with van der Waals surface area (Å²) in [5.41, 5.74) is 0. The number of hydrogen-bond donors (Lipinski definition) is 3. The van der Waals surface area contributed by atoms with Gasteiger partial charge in [0.1, 0.15) is 6.04 Å². The first kappa shape index (κ1) is 14.4. The highest BCUT2D eigenvalue weighted by Gasteiger charge is 2.17. The molecule has 0 radical (unpaired) electrons. The van der Waals surface area contributed by atoms with E-state index < -0.39 is 12.0 Å². The van der Waals surface area contributed by atoms with Gasteiger partial charge < -0.3 is 15.7 Å². The summed E-state index contributed by atoms with van der Waals surface area (Å²) in [5, 5.41) is 13.8. The van der Waals surface area contributed by atoms with Crippen LogP contribution in [0.15, 0.2) is 0 Å². The summed E-state index contributed by atoms with van der Waals surface area (Å²) >= 11 is 0. The SMILES string of the molecule is CC(=O)NCCCC[C@@H](NC(C)=O)C(=O)O. The van der Waals surface area contributed by atoms with E-state index in [1.165, 1.54) is 13.8 Å². The summed E-state index contributed by atoms with van der Waals surface area (Å²) < 4.78 is 0. The molecule has 3 N–H and O–H groups in total. The van der Waals surface area contributed by atoms with Gasteiger partial charge in [0, 0.05) is 20.4 Å². The van der Waals surface area contributed by atoms with Crippen LogP contribution in [0.5, 0.6) is 0 Å². The molecule has 0 aliphatic rings. The number of nitrogens with one attached hydrogen (secondary N) is 2. The lowest BCUT2D eigenvalue weighted by Gasteiger charge is -2.12. The summed E-state index contributed by atoms with van der Waals surface area (Å²) in [5.74, 6) is -1.49. The van der Waals surface area contributed by atoms with Crippen molar-refractivity contribution in [3.8, 4) is 0 Å². The standard InChI is InChI=1S/C10H18N2O4/c1-7(13)11-6-4-3-5-9(10(15)16)12-8(2)14/h9H,3-6H2,1-2H3,(H,11,13)(H,12,14)(H,15,16)/t9-/m1/s1. The number of rotatable bonds is 7. The Morgan fingerprint density at radius 2 is 1.75 bits per heavy atom. The molecule has 0 unspecified atom stereocenters. The molecule has 0 heterocycles. The largest absolute Gasteiger partial charge is 0.480 e. The maximum atomic E-state index is 10.7. The molecule has 0 rings (SSSR count). The molecular weight excluding hydrogens is 212 g/mol. The van der Waals surface area contributed by atoms with E-state index in [1.807, 2.05) is 0 Å². The summed E-state index contributed by atoms with van der Waals surface area (Å²) in [4.78, 5) is 32.0. The summed E-state index contributed by atoms with van der Waals surface area (Å²) in [7, 11) is 0. The topological polar surface area (TPSA) is 95.5 Å². The van der Waals surface area contributed by atoms with Crippen LogP contribution in [0.1, 0.15) is 33.1 Å². The zero-order valence-corrected chi connectivity index (χ0v) is 9.58. The third kappa shape index (κ3) is 7.78. The molecule has 0 bridgehead atoms. The van der Waals surface area contributed by atoms with Crippen LogP contribution < -0.4 is 10.6 Å². The first-order valence-electron chi connectivity index (χ1n) is 5.18. The molecule has 6 nitrogen and oxygen atoms in total. The molecule has 2 amide bonds. The lowest BCUT2D eigenvalue weighted by molar-refractivity contribution is -0.141. The highest BCUT2D eigenvalue weighted by Crippen LogP contribution is 2.01. The van der Waals surface area contributed by atoms with Crippen molar-refractivity contribution >= 4 is 17.8 Å². The molecule has 0 aromatic carbocycles. The first-order valence-corrected chi connectivity index (χ1v) is 5.18. The van der Waals surface area contributed by atoms with Crippen molar-refractivity contribution in [3.63, 3.8) is 0 Å². The summed E-state index contributed by atoms with van der Waals surface area (Å²) in [6.45, 7) is 3.24. The van der Waals surface area contributed by atoms with Crippen LogP contribution in [-0.2, 0) is 14.4 Å². The lowest BCUT2D eigenvalue weighted by atomic mass is 10.1. The Kier molecular flexibility index (Phi) is 6.91. The van der Waals surface area contributed by atoms with Crippen molar-refractivity contribution in [2.75, 3.05) is 6.54 Å². The minimum atomic E-state index is -1.03. The molecule has 16 heavy (non-hydrogen) atoms. The van der Waals surface area contributed by atoms with Crippen molar-refractivity contribution in [1.29, 1.82) is 0 Å². The van der Waals surface area contributed by atoms with E-state index in [9.17, 15) is 14.4 Å². The third-order valence-corrected chi connectivity index (χ3v) is 1.97. The van der Waals surface area contributed by atoms with Crippen molar-refractivity contribution in [3.05, 3.63) is 0 Å². The second-order valence-corrected chi connectivity index (χ2v) is 3.57. The highest BCUT2D eigenvalue weighted by molar-refractivity contribution is 5.81. The van der Waals surface area contributed by atoms with Gasteiger partial charge in [0.15, 0.2) is 0 Å². The van der Waals surface area contributed by atoms with Crippen LogP contribution >= 0.6 is 0 Å². The second-order valence-electron chi connectivity index (χ2n) is 3.57. The van der Waals surface area contributed by atoms with Gasteiger partial charge >= 0.3 is 5.97 Å². The average molecular weight is 230 g/mol. The number of aliphatic carboxylic acids is 1. The summed E-state index contributed by atoms with van der Waals surface area (Å²) in [6, 6.07) is -0.838. The van der Waals surface area contributed by atoms with E-state index in [0.29, 0.717) is 25.8 Å². The van der Waals surface area contributed by atoms with Crippen LogP contribution in [0.2, 0.25) is 0 Å². The Labute approximate surface area is 94.4 Å². The monoisotopic (exact) mass is 230 g/mol. The van der Waals surface area contributed by atoms with Crippen LogP contribution in [0.25, 0.3) is 0 Å². The molecule has 0 aliphatic heterocycles. The second kappa shape index (κ2) is 7.67. The van der Waals surface area contributed by atoms with Gasteiger partial charge in [0.05, 0.1) is 0 Å². The maximum absolute atomic E-state index is 10.7. The Balaban J connectivity index is 3.72. The molecule has 0 aromatic rings. The molecule has 6 heteroatoms. The molecule has 0 aromatic heterocycles. The molecular formula is C10H18N2O4. The van der Waals surface area contributed by atoms with Crippen LogP contribution in [-0.4, -0.2) is 35.5 Å². The minimum absolute atomic E-state index is 0.100. The molecule has 92 valence electrons. The first-order chi connectivity index (χ1) is 7.43. The van der Waals surface area contributed by atoms with E-state index >= 15 is 0 Å². The van der Waals surface area contributed by atoms with E-state index in [2.05, 4.69) is 10.6 Å². The molecule has 0 spiro atoms. The number of hydrogen-bond acceptors (Lipinski definition) is 3. The van der Waals surface area contributed by atoms with E-state index in [-0.39, 0.29) is 11.8 Å². The van der Waals surface area contributed by atoms with E-state index in [1.54, 1.807) is 0 Å². The van der Waals surface area contributed by atoms with Crippen molar-refractivity contribution in [2.24, 2.45) is 0 Å². The van der Waals surface area contributed by atoms with Gasteiger partial charge in [-0.2, -0.15) is 0 Å². The fourth-order valence-corrected chi connectivity index (χ4v) is 1.24. The molecule has 0 saturated heterocycles. The van der Waals surface area contributed by atoms with Crippen LogP contribution in [0, 0.1) is 0 Å². The number of amides is 2. The lowest BCUT2D eigenvalue weighted by Crippen LogP contribution is -2.39. The fourth-order valence-electron chi connectivity index (χ4n) is 1.24. The van der Waals surface area contributed by atoms with Crippen LogP contribution in [0.3, 0.4) is 0 Å². The minimum Gasteiger partial charge on any atom is -0.480 e. The Hall–Kier alpha value is -1.59. The zero-order chi connectivity index (χ0) is 12.6. The smallest absolute Gasteiger partial charge is 0.326 e. The van der Waals surface area contributed by atoms with Crippen LogP contribution in [0.4, 0.5) is 0 Å². The highest BCUT2D eigenvalue weighted by atomic mass is 16.4. The van der Waals surface area contributed by atoms with Gasteiger partial charge in [-0.1, -0.05) is 0 Å². The number of carboxylic acids is 1. The Morgan fingerprint density at radius 3 is 2.19 bits per heavy atom. The van der Waals surface area contributed by atoms with Gasteiger partial charge in [-0.15, -0.1) is 0 Å². The number of carboxylic acid groups (broad SMARTS) is 1. The van der Waals surface area contributed by atoms with Gasteiger partial charge in [-0.3, -0.25) is 9.59 Å². The van der Waals surface area contributed by atoms with Crippen molar-refractivity contribution < 1.29 is 19.5 Å². The number of carbonyl (C=O) groups excluding carboxylic acids is 2. The quantitative estimate of drug-likeness (QED) is 0.531. The molecule has 0 fully saturated rings. The normalized spacial score (nSPS) is 11.6. The third-order valence-electron chi connectivity index (χ3n) is 1.97. The van der Waals surface area contributed by atoms with E-state index in [4.69, 9.17) is 5.11 Å². The van der Waals surface area contributed by atoms with Crippen molar-refractivity contribution in [2.45, 2.75) is 39.2 Å². The van der Waals surface area contributed by atoms with E-state index in [0.717, 1.165) is 0 Å². The molecule has 0 saturated carbocycles. The maximum Gasteiger partial charge on any atom is 0.326 e. The van der Waals surface area contributed by atoms with Gasteiger partial charge in [0.25, 0.3) is 0 Å². The van der Waals surface area contributed by atoms with Gasteiger partial charge in [-0.25, -0.2) is 4.79 Å². The predicted molar refractivity (Wildman–Crippen MR) is 57.8 cm³/mol. The number of carbonyl (C=O) groups is 3. The molecule has 0 aliphatic carbocycles. The number of unbranched alkanes of at least 4 members (excludes halogenated alkanes) is 1. The Bertz CT molecular complexity index is 266. The van der Waals surface area contributed by atoms with Gasteiger partial charge in [0.2, 0.25) is 11.8 Å². The summed E-state index contributed by atoms with van der Waals surface area (Å²) in [6.07, 6.45) is 1.70. The molecule has 1 atom stereocenters. The van der Waals surface area contributed by atoms with Gasteiger partial charge in [-0.05, 0) is 19.3 Å². The van der Waals surface area contributed by atoms with Crippen molar-refractivity contribution in [1.82, 2.24) is 10.6 Å².